The molecular formula is C20H23N5S. The van der Waals surface area contributed by atoms with Crippen LogP contribution in [-0.2, 0) is 6.67 Å². The Hall–Kier alpha value is -2.31. The van der Waals surface area contributed by atoms with Gasteiger partial charge in [-0.25, -0.2) is 4.68 Å². The molecule has 1 saturated heterocycles. The molecule has 0 unspecified atom stereocenters. The molecule has 0 N–H and O–H groups in total. The van der Waals surface area contributed by atoms with Crippen molar-refractivity contribution in [2.24, 2.45) is 0 Å². The van der Waals surface area contributed by atoms with Gasteiger partial charge in [0.05, 0.1) is 12.4 Å². The molecule has 26 heavy (non-hydrogen) atoms. The summed E-state index contributed by atoms with van der Waals surface area (Å²) < 4.78 is 4.78. The molecule has 3 heterocycles. The minimum Gasteiger partial charge on any atom is -0.284 e. The van der Waals surface area contributed by atoms with Gasteiger partial charge in [0.2, 0.25) is 4.77 Å². The summed E-state index contributed by atoms with van der Waals surface area (Å²) in [5, 5.41) is 4.90. The normalized spacial score (nSPS) is 15.3. The van der Waals surface area contributed by atoms with Crippen LogP contribution in [0.4, 0.5) is 0 Å². The van der Waals surface area contributed by atoms with Crippen LogP contribution in [0.3, 0.4) is 0 Å². The number of aryl methyl sites for hydroxylation is 1. The van der Waals surface area contributed by atoms with E-state index >= 15 is 0 Å². The van der Waals surface area contributed by atoms with E-state index in [1.54, 1.807) is 12.4 Å². The molecule has 0 saturated carbocycles. The molecule has 134 valence electrons. The third-order valence-electron chi connectivity index (χ3n) is 4.92. The monoisotopic (exact) mass is 365 g/mol. The quantitative estimate of drug-likeness (QED) is 0.649. The van der Waals surface area contributed by atoms with Crippen molar-refractivity contribution in [2.45, 2.75) is 32.9 Å². The minimum absolute atomic E-state index is 0.733. The molecule has 1 aliphatic rings. The standard InChI is InChI=1S/C20H23N5S/c1-16-7-3-4-8-18(16)25-19(17-9-11-21-12-10-17)22-24(20(25)26)15-23-13-5-2-6-14-23/h3-4,7-12H,2,5-6,13-15H2,1H3. The Kier molecular flexibility index (Phi) is 4.95. The Balaban J connectivity index is 1.83. The average Bonchev–Trinajstić information content (AvgIpc) is 3.00. The summed E-state index contributed by atoms with van der Waals surface area (Å²) in [7, 11) is 0. The molecule has 1 aromatic carbocycles. The first kappa shape index (κ1) is 17.1. The number of pyridine rings is 1. The second-order valence-electron chi connectivity index (χ2n) is 6.78. The van der Waals surface area contributed by atoms with Crippen molar-refractivity contribution in [2.75, 3.05) is 13.1 Å². The fourth-order valence-electron chi connectivity index (χ4n) is 3.51. The van der Waals surface area contributed by atoms with E-state index in [4.69, 9.17) is 17.3 Å². The average molecular weight is 366 g/mol. The van der Waals surface area contributed by atoms with Crippen LogP contribution in [0.2, 0.25) is 0 Å². The van der Waals surface area contributed by atoms with Gasteiger partial charge in [0.1, 0.15) is 0 Å². The Bertz CT molecular complexity index is 938. The Morgan fingerprint density at radius 1 is 1.00 bits per heavy atom. The first-order valence-corrected chi connectivity index (χ1v) is 9.53. The number of nitrogens with zero attached hydrogens (tertiary/aromatic N) is 5. The van der Waals surface area contributed by atoms with Crippen LogP contribution in [0.5, 0.6) is 0 Å². The van der Waals surface area contributed by atoms with Crippen molar-refractivity contribution >= 4 is 12.2 Å². The maximum atomic E-state index is 5.84. The van der Waals surface area contributed by atoms with Gasteiger partial charge in [-0.05, 0) is 68.8 Å². The molecule has 0 aliphatic carbocycles. The molecule has 4 rings (SSSR count). The van der Waals surface area contributed by atoms with Crippen LogP contribution in [0, 0.1) is 11.7 Å². The smallest absolute Gasteiger partial charge is 0.204 e. The van der Waals surface area contributed by atoms with Crippen LogP contribution < -0.4 is 0 Å². The number of benzene rings is 1. The van der Waals surface area contributed by atoms with Gasteiger partial charge in [-0.2, -0.15) is 0 Å². The summed E-state index contributed by atoms with van der Waals surface area (Å²) in [5.41, 5.74) is 3.28. The molecule has 6 heteroatoms. The van der Waals surface area contributed by atoms with Crippen LogP contribution in [0.1, 0.15) is 24.8 Å². The zero-order chi connectivity index (χ0) is 17.9. The molecule has 1 aliphatic heterocycles. The summed E-state index contributed by atoms with van der Waals surface area (Å²) in [5.74, 6) is 0.865. The van der Waals surface area contributed by atoms with Gasteiger partial charge in [-0.15, -0.1) is 5.10 Å². The highest BCUT2D eigenvalue weighted by atomic mass is 32.1. The third kappa shape index (κ3) is 3.34. The first-order chi connectivity index (χ1) is 12.7. The summed E-state index contributed by atoms with van der Waals surface area (Å²) in [4.78, 5) is 6.57. The second kappa shape index (κ2) is 7.51. The van der Waals surface area contributed by atoms with E-state index in [0.717, 1.165) is 41.6 Å². The van der Waals surface area contributed by atoms with E-state index in [2.05, 4.69) is 33.5 Å². The fourth-order valence-corrected chi connectivity index (χ4v) is 3.79. The highest BCUT2D eigenvalue weighted by Gasteiger charge is 2.18. The predicted molar refractivity (Wildman–Crippen MR) is 106 cm³/mol. The predicted octanol–water partition coefficient (Wildman–Crippen LogP) is 4.22. The van der Waals surface area contributed by atoms with E-state index in [0.29, 0.717) is 0 Å². The number of hydrogen-bond donors (Lipinski definition) is 0. The maximum Gasteiger partial charge on any atom is 0.204 e. The molecule has 3 aromatic rings. The van der Waals surface area contributed by atoms with E-state index in [9.17, 15) is 0 Å². The van der Waals surface area contributed by atoms with Gasteiger partial charge < -0.3 is 0 Å². The second-order valence-corrected chi connectivity index (χ2v) is 7.15. The Morgan fingerprint density at radius 3 is 2.46 bits per heavy atom. The van der Waals surface area contributed by atoms with Gasteiger partial charge >= 0.3 is 0 Å². The van der Waals surface area contributed by atoms with Crippen molar-refractivity contribution < 1.29 is 0 Å². The van der Waals surface area contributed by atoms with Gasteiger partial charge in [-0.3, -0.25) is 14.5 Å². The van der Waals surface area contributed by atoms with Crippen LogP contribution in [0.15, 0.2) is 48.8 Å². The van der Waals surface area contributed by atoms with Crippen LogP contribution >= 0.6 is 12.2 Å². The molecule has 0 spiro atoms. The lowest BCUT2D eigenvalue weighted by atomic mass is 10.1. The van der Waals surface area contributed by atoms with Gasteiger partial charge in [-0.1, -0.05) is 24.6 Å². The summed E-state index contributed by atoms with van der Waals surface area (Å²) in [6.45, 7) is 5.08. The lowest BCUT2D eigenvalue weighted by Crippen LogP contribution is -2.32. The lowest BCUT2D eigenvalue weighted by molar-refractivity contribution is 0.172. The molecule has 0 atom stereocenters. The largest absolute Gasteiger partial charge is 0.284 e. The van der Waals surface area contributed by atoms with Crippen LogP contribution in [-0.4, -0.2) is 37.3 Å². The minimum atomic E-state index is 0.733. The molecule has 0 amide bonds. The fraction of sp³-hybridized carbons (Fsp3) is 0.350. The van der Waals surface area contributed by atoms with Crippen molar-refractivity contribution in [3.05, 3.63) is 59.1 Å². The summed E-state index contributed by atoms with van der Waals surface area (Å²) in [6, 6.07) is 12.3. The molecule has 0 bridgehead atoms. The topological polar surface area (TPSA) is 38.9 Å². The van der Waals surface area contributed by atoms with E-state index < -0.39 is 0 Å². The van der Waals surface area contributed by atoms with E-state index in [-0.39, 0.29) is 0 Å². The Labute approximate surface area is 158 Å². The molecule has 5 nitrogen and oxygen atoms in total. The zero-order valence-electron chi connectivity index (χ0n) is 15.0. The van der Waals surface area contributed by atoms with Crippen molar-refractivity contribution in [3.8, 4) is 17.1 Å². The third-order valence-corrected chi connectivity index (χ3v) is 5.31. The van der Waals surface area contributed by atoms with Gasteiger partial charge in [0.15, 0.2) is 5.82 Å². The van der Waals surface area contributed by atoms with E-state index in [1.807, 2.05) is 28.9 Å². The summed E-state index contributed by atoms with van der Waals surface area (Å²) in [6.07, 6.45) is 7.42. The van der Waals surface area contributed by atoms with Gasteiger partial charge in [0, 0.05) is 18.0 Å². The lowest BCUT2D eigenvalue weighted by Gasteiger charge is -2.25. The number of likely N-dealkylation sites (tertiary alicyclic amines) is 1. The van der Waals surface area contributed by atoms with Crippen molar-refractivity contribution in [1.29, 1.82) is 0 Å². The molecule has 2 aromatic heterocycles. The number of rotatable bonds is 4. The van der Waals surface area contributed by atoms with Crippen LogP contribution in [0.25, 0.3) is 17.1 Å². The summed E-state index contributed by atoms with van der Waals surface area (Å²) >= 11 is 5.84. The molecule has 1 fully saturated rings. The SMILES string of the molecule is Cc1ccccc1-n1c(-c2ccncc2)nn(CN2CCCCC2)c1=S. The highest BCUT2D eigenvalue weighted by molar-refractivity contribution is 7.71. The van der Waals surface area contributed by atoms with Gasteiger partial charge in [0.25, 0.3) is 0 Å². The number of para-hydroxylation sites is 1. The molecular weight excluding hydrogens is 342 g/mol. The number of piperidine rings is 1. The van der Waals surface area contributed by atoms with E-state index in [1.165, 1.54) is 24.8 Å². The van der Waals surface area contributed by atoms with Crippen molar-refractivity contribution in [3.63, 3.8) is 0 Å². The highest BCUT2D eigenvalue weighted by Crippen LogP contribution is 2.24. The Morgan fingerprint density at radius 2 is 1.73 bits per heavy atom. The number of hydrogen-bond acceptors (Lipinski definition) is 4. The number of aromatic nitrogens is 4. The maximum absolute atomic E-state index is 5.84. The van der Waals surface area contributed by atoms with Crippen molar-refractivity contribution in [1.82, 2.24) is 24.2 Å². The zero-order valence-corrected chi connectivity index (χ0v) is 15.8. The first-order valence-electron chi connectivity index (χ1n) is 9.12. The molecule has 0 radical (unpaired) electrons.